The van der Waals surface area contributed by atoms with Crippen LogP contribution in [0.15, 0.2) is 29.3 Å². The SMILES string of the molecule is CC(C(=O)NCCc1n[nH]c(=O)[nH]1)n1cccc1. The monoisotopic (exact) mass is 249 g/mol. The number of aromatic amines is 2. The zero-order chi connectivity index (χ0) is 13.0. The number of carbonyl (C=O) groups excluding carboxylic acids is 1. The minimum Gasteiger partial charge on any atom is -0.354 e. The summed E-state index contributed by atoms with van der Waals surface area (Å²) < 4.78 is 1.83. The second kappa shape index (κ2) is 5.35. The average Bonchev–Trinajstić information content (AvgIpc) is 2.99. The van der Waals surface area contributed by atoms with Crippen molar-refractivity contribution in [2.45, 2.75) is 19.4 Å². The standard InChI is InChI=1S/C11H15N5O2/c1-8(16-6-2-3-7-16)10(17)12-5-4-9-13-11(18)15-14-9/h2-3,6-8H,4-5H2,1H3,(H,12,17)(H2,13,14,15,18). The highest BCUT2D eigenvalue weighted by molar-refractivity contribution is 5.79. The number of aromatic nitrogens is 4. The molecule has 7 heteroatoms. The summed E-state index contributed by atoms with van der Waals surface area (Å²) in [6, 6.07) is 3.49. The number of amides is 1. The van der Waals surface area contributed by atoms with Crippen molar-refractivity contribution in [1.82, 2.24) is 25.1 Å². The van der Waals surface area contributed by atoms with Crippen LogP contribution in [0.3, 0.4) is 0 Å². The van der Waals surface area contributed by atoms with Crippen LogP contribution >= 0.6 is 0 Å². The molecule has 3 N–H and O–H groups in total. The first-order chi connectivity index (χ1) is 8.66. The molecule has 2 aromatic rings. The topological polar surface area (TPSA) is 95.6 Å². The maximum Gasteiger partial charge on any atom is 0.340 e. The average molecular weight is 249 g/mol. The molecule has 18 heavy (non-hydrogen) atoms. The third kappa shape index (κ3) is 2.88. The summed E-state index contributed by atoms with van der Waals surface area (Å²) in [4.78, 5) is 25.1. The molecule has 0 spiro atoms. The molecule has 2 aromatic heterocycles. The van der Waals surface area contributed by atoms with Gasteiger partial charge < -0.3 is 9.88 Å². The molecular formula is C11H15N5O2. The molecule has 7 nitrogen and oxygen atoms in total. The maximum atomic E-state index is 11.8. The Hall–Kier alpha value is -2.31. The Bertz CT molecular complexity index is 554. The zero-order valence-corrected chi connectivity index (χ0v) is 10.0. The second-order valence-corrected chi connectivity index (χ2v) is 3.97. The third-order valence-corrected chi connectivity index (χ3v) is 2.67. The Labute approximate surface area is 103 Å². The minimum atomic E-state index is -0.336. The van der Waals surface area contributed by atoms with Crippen LogP contribution in [0.4, 0.5) is 0 Å². The van der Waals surface area contributed by atoms with Crippen LogP contribution in [0.5, 0.6) is 0 Å². The number of hydrogen-bond acceptors (Lipinski definition) is 3. The number of nitrogens with zero attached hydrogens (tertiary/aromatic N) is 2. The van der Waals surface area contributed by atoms with Gasteiger partial charge in [0.25, 0.3) is 0 Å². The van der Waals surface area contributed by atoms with Gasteiger partial charge in [0.05, 0.1) is 0 Å². The highest BCUT2D eigenvalue weighted by atomic mass is 16.2. The molecule has 1 atom stereocenters. The van der Waals surface area contributed by atoms with Crippen LogP contribution in [0, 0.1) is 0 Å². The van der Waals surface area contributed by atoms with Crippen molar-refractivity contribution < 1.29 is 4.79 Å². The molecule has 2 heterocycles. The van der Waals surface area contributed by atoms with E-state index in [-0.39, 0.29) is 17.6 Å². The third-order valence-electron chi connectivity index (χ3n) is 2.67. The maximum absolute atomic E-state index is 11.8. The van der Waals surface area contributed by atoms with Crippen LogP contribution in [0.1, 0.15) is 18.8 Å². The van der Waals surface area contributed by atoms with E-state index in [1.165, 1.54) is 0 Å². The molecule has 0 aliphatic heterocycles. The van der Waals surface area contributed by atoms with E-state index in [2.05, 4.69) is 20.5 Å². The van der Waals surface area contributed by atoms with Crippen molar-refractivity contribution in [3.05, 3.63) is 40.8 Å². The molecule has 0 bridgehead atoms. The van der Waals surface area contributed by atoms with Crippen molar-refractivity contribution >= 4 is 5.91 Å². The molecule has 1 unspecified atom stereocenters. The first-order valence-corrected chi connectivity index (χ1v) is 5.70. The van der Waals surface area contributed by atoms with E-state index >= 15 is 0 Å². The van der Waals surface area contributed by atoms with Crippen LogP contribution in [0.25, 0.3) is 0 Å². The number of H-pyrrole nitrogens is 2. The van der Waals surface area contributed by atoms with E-state index in [9.17, 15) is 9.59 Å². The molecule has 0 radical (unpaired) electrons. The van der Waals surface area contributed by atoms with E-state index in [1.807, 2.05) is 36.0 Å². The van der Waals surface area contributed by atoms with E-state index in [1.54, 1.807) is 0 Å². The second-order valence-electron chi connectivity index (χ2n) is 3.97. The normalized spacial score (nSPS) is 12.3. The lowest BCUT2D eigenvalue weighted by atomic mass is 10.3. The molecule has 0 saturated carbocycles. The van der Waals surface area contributed by atoms with Gasteiger partial charge in [-0.1, -0.05) is 0 Å². The Morgan fingerprint density at radius 1 is 1.50 bits per heavy atom. The molecule has 1 amide bonds. The van der Waals surface area contributed by atoms with E-state index in [0.29, 0.717) is 18.8 Å². The summed E-state index contributed by atoms with van der Waals surface area (Å²) in [6.45, 7) is 2.26. The van der Waals surface area contributed by atoms with Crippen molar-refractivity contribution in [3.63, 3.8) is 0 Å². The Morgan fingerprint density at radius 3 is 2.83 bits per heavy atom. The molecule has 0 aromatic carbocycles. The summed E-state index contributed by atoms with van der Waals surface area (Å²) in [7, 11) is 0. The fourth-order valence-corrected chi connectivity index (χ4v) is 1.62. The van der Waals surface area contributed by atoms with Gasteiger partial charge in [-0.15, -0.1) is 0 Å². The largest absolute Gasteiger partial charge is 0.354 e. The summed E-state index contributed by atoms with van der Waals surface area (Å²) in [5.74, 6) is 0.470. The Morgan fingerprint density at radius 2 is 2.22 bits per heavy atom. The van der Waals surface area contributed by atoms with Crippen molar-refractivity contribution in [2.75, 3.05) is 6.54 Å². The van der Waals surface area contributed by atoms with Crippen LogP contribution in [-0.2, 0) is 11.2 Å². The lowest BCUT2D eigenvalue weighted by Gasteiger charge is -2.13. The number of nitrogens with one attached hydrogen (secondary N) is 3. The van der Waals surface area contributed by atoms with Crippen LogP contribution < -0.4 is 11.0 Å². The van der Waals surface area contributed by atoms with Gasteiger partial charge in [-0.25, -0.2) is 9.89 Å². The first-order valence-electron chi connectivity index (χ1n) is 5.70. The highest BCUT2D eigenvalue weighted by Crippen LogP contribution is 2.05. The van der Waals surface area contributed by atoms with Gasteiger partial charge in [0.1, 0.15) is 11.9 Å². The lowest BCUT2D eigenvalue weighted by Crippen LogP contribution is -2.32. The van der Waals surface area contributed by atoms with Crippen LogP contribution in [0.2, 0.25) is 0 Å². The van der Waals surface area contributed by atoms with E-state index in [0.717, 1.165) is 0 Å². The Kier molecular flexibility index (Phi) is 3.61. The van der Waals surface area contributed by atoms with Gasteiger partial charge in [-0.05, 0) is 19.1 Å². The zero-order valence-electron chi connectivity index (χ0n) is 10.0. The van der Waals surface area contributed by atoms with E-state index in [4.69, 9.17) is 0 Å². The molecule has 2 rings (SSSR count). The highest BCUT2D eigenvalue weighted by Gasteiger charge is 2.12. The van der Waals surface area contributed by atoms with Gasteiger partial charge in [0.15, 0.2) is 0 Å². The molecular weight excluding hydrogens is 234 g/mol. The number of carbonyl (C=O) groups is 1. The smallest absolute Gasteiger partial charge is 0.340 e. The fourth-order valence-electron chi connectivity index (χ4n) is 1.62. The van der Waals surface area contributed by atoms with Gasteiger partial charge in [-0.2, -0.15) is 5.10 Å². The van der Waals surface area contributed by atoms with Gasteiger partial charge in [-0.3, -0.25) is 9.78 Å². The predicted molar refractivity (Wildman–Crippen MR) is 65.1 cm³/mol. The van der Waals surface area contributed by atoms with Crippen LogP contribution in [-0.4, -0.2) is 32.2 Å². The van der Waals surface area contributed by atoms with Gasteiger partial charge in [0.2, 0.25) is 5.91 Å². The minimum absolute atomic E-state index is 0.0657. The molecule has 0 aliphatic rings. The molecule has 0 saturated heterocycles. The van der Waals surface area contributed by atoms with E-state index < -0.39 is 0 Å². The van der Waals surface area contributed by atoms with Gasteiger partial charge in [0, 0.05) is 25.4 Å². The van der Waals surface area contributed by atoms with Gasteiger partial charge >= 0.3 is 5.69 Å². The summed E-state index contributed by atoms with van der Waals surface area (Å²) in [5.41, 5.74) is -0.336. The number of hydrogen-bond donors (Lipinski definition) is 3. The summed E-state index contributed by atoms with van der Waals surface area (Å²) in [5, 5.41) is 8.82. The molecule has 96 valence electrons. The fraction of sp³-hybridized carbons (Fsp3) is 0.364. The summed E-state index contributed by atoms with van der Waals surface area (Å²) in [6.07, 6.45) is 4.17. The summed E-state index contributed by atoms with van der Waals surface area (Å²) >= 11 is 0. The molecule has 0 fully saturated rings. The van der Waals surface area contributed by atoms with Crippen molar-refractivity contribution in [2.24, 2.45) is 0 Å². The predicted octanol–water partition coefficient (Wildman–Crippen LogP) is -0.181. The quantitative estimate of drug-likeness (QED) is 0.686. The van der Waals surface area contributed by atoms with Crippen molar-refractivity contribution in [1.29, 1.82) is 0 Å². The number of rotatable bonds is 5. The lowest BCUT2D eigenvalue weighted by molar-refractivity contribution is -0.123. The first kappa shape index (κ1) is 12.2. The molecule has 0 aliphatic carbocycles. The Balaban J connectivity index is 1.80. The van der Waals surface area contributed by atoms with Crippen molar-refractivity contribution in [3.8, 4) is 0 Å².